The molecule has 1 fully saturated rings. The Morgan fingerprint density at radius 2 is 2.36 bits per heavy atom. The predicted octanol–water partition coefficient (Wildman–Crippen LogP) is 3.24. The number of nitrogens with one attached hydrogen (secondary N) is 1. The van der Waals surface area contributed by atoms with Gasteiger partial charge in [-0.1, -0.05) is 19.4 Å². The number of ether oxygens (including phenoxy) is 1. The minimum Gasteiger partial charge on any atom is -0.494 e. The minimum absolute atomic E-state index is 0.0957. The fraction of sp³-hybridized carbons (Fsp3) is 0.588. The molecule has 0 spiro atoms. The highest BCUT2D eigenvalue weighted by molar-refractivity contribution is 5.89. The number of carbonyl (C=O) groups is 1. The maximum atomic E-state index is 12.4. The van der Waals surface area contributed by atoms with Gasteiger partial charge in [-0.2, -0.15) is 0 Å². The molecule has 1 atom stereocenters. The van der Waals surface area contributed by atoms with Gasteiger partial charge in [0.25, 0.3) is 0 Å². The van der Waals surface area contributed by atoms with E-state index in [2.05, 4.69) is 12.2 Å². The summed E-state index contributed by atoms with van der Waals surface area (Å²) in [4.78, 5) is 14.2. The van der Waals surface area contributed by atoms with Crippen molar-refractivity contribution in [2.75, 3.05) is 25.1 Å². The van der Waals surface area contributed by atoms with Gasteiger partial charge in [-0.05, 0) is 37.8 Å². The van der Waals surface area contributed by atoms with Crippen LogP contribution in [-0.4, -0.2) is 41.8 Å². The third-order valence-corrected chi connectivity index (χ3v) is 3.95. The fourth-order valence-electron chi connectivity index (χ4n) is 2.75. The Morgan fingerprint density at radius 1 is 1.50 bits per heavy atom. The van der Waals surface area contributed by atoms with Gasteiger partial charge in [0.15, 0.2) is 0 Å². The molecule has 1 aliphatic rings. The van der Waals surface area contributed by atoms with Crippen LogP contribution in [0.1, 0.15) is 39.0 Å². The summed E-state index contributed by atoms with van der Waals surface area (Å²) in [5.74, 6) is 0.777. The lowest BCUT2D eigenvalue weighted by atomic mass is 10.1. The predicted molar refractivity (Wildman–Crippen MR) is 87.3 cm³/mol. The van der Waals surface area contributed by atoms with Gasteiger partial charge in [0, 0.05) is 30.9 Å². The zero-order valence-electron chi connectivity index (χ0n) is 13.3. The molecule has 22 heavy (non-hydrogen) atoms. The van der Waals surface area contributed by atoms with Crippen molar-refractivity contribution in [3.05, 3.63) is 24.3 Å². The monoisotopic (exact) mass is 306 g/mol. The highest BCUT2D eigenvalue weighted by atomic mass is 16.5. The molecule has 1 heterocycles. The van der Waals surface area contributed by atoms with Crippen LogP contribution in [0.5, 0.6) is 5.75 Å². The first kappa shape index (κ1) is 16.6. The zero-order valence-corrected chi connectivity index (χ0v) is 13.3. The second-order valence-electron chi connectivity index (χ2n) is 5.66. The van der Waals surface area contributed by atoms with Gasteiger partial charge in [-0.3, -0.25) is 0 Å². The first-order valence-corrected chi connectivity index (χ1v) is 8.16. The molecule has 1 unspecified atom stereocenters. The van der Waals surface area contributed by atoms with Gasteiger partial charge >= 0.3 is 6.03 Å². The standard InChI is InChI=1S/C17H26N2O3/c1-2-3-12-22-16-8-4-6-14(13-16)18-17(21)19-10-5-7-15(19)9-11-20/h4,6,8,13,15,20H,2-3,5,7,9-12H2,1H3,(H,18,21). The smallest absolute Gasteiger partial charge is 0.322 e. The van der Waals surface area contributed by atoms with Gasteiger partial charge in [-0.15, -0.1) is 0 Å². The van der Waals surface area contributed by atoms with E-state index in [0.29, 0.717) is 13.0 Å². The third kappa shape index (κ3) is 4.63. The van der Waals surface area contributed by atoms with Crippen molar-refractivity contribution in [2.45, 2.75) is 45.1 Å². The molecule has 5 nitrogen and oxygen atoms in total. The van der Waals surface area contributed by atoms with E-state index in [1.165, 1.54) is 0 Å². The van der Waals surface area contributed by atoms with Gasteiger partial charge in [-0.25, -0.2) is 4.79 Å². The summed E-state index contributed by atoms with van der Waals surface area (Å²) in [6.07, 6.45) is 4.73. The Balaban J connectivity index is 1.92. The molecule has 2 amide bonds. The molecule has 122 valence electrons. The van der Waals surface area contributed by atoms with Crippen LogP contribution in [0.2, 0.25) is 0 Å². The van der Waals surface area contributed by atoms with E-state index in [1.54, 1.807) is 0 Å². The van der Waals surface area contributed by atoms with E-state index in [-0.39, 0.29) is 18.7 Å². The average Bonchev–Trinajstić information content (AvgIpc) is 2.97. The summed E-state index contributed by atoms with van der Waals surface area (Å²) >= 11 is 0. The van der Waals surface area contributed by atoms with E-state index in [9.17, 15) is 4.79 Å². The van der Waals surface area contributed by atoms with E-state index in [0.717, 1.165) is 43.7 Å². The maximum Gasteiger partial charge on any atom is 0.322 e. The van der Waals surface area contributed by atoms with E-state index in [4.69, 9.17) is 9.84 Å². The second-order valence-corrected chi connectivity index (χ2v) is 5.66. The van der Waals surface area contributed by atoms with Crippen molar-refractivity contribution < 1.29 is 14.6 Å². The number of nitrogens with zero attached hydrogens (tertiary/aromatic N) is 1. The quantitative estimate of drug-likeness (QED) is 0.760. The zero-order chi connectivity index (χ0) is 15.8. The number of hydrogen-bond donors (Lipinski definition) is 2. The van der Waals surface area contributed by atoms with Gasteiger partial charge in [0.1, 0.15) is 5.75 Å². The number of rotatable bonds is 7. The minimum atomic E-state index is -0.0957. The van der Waals surface area contributed by atoms with Crippen LogP contribution in [0.25, 0.3) is 0 Å². The number of aliphatic hydroxyl groups is 1. The summed E-state index contributed by atoms with van der Waals surface area (Å²) in [6.45, 7) is 3.69. The van der Waals surface area contributed by atoms with Crippen molar-refractivity contribution >= 4 is 11.7 Å². The van der Waals surface area contributed by atoms with Gasteiger partial charge in [0.2, 0.25) is 0 Å². The second kappa shape index (κ2) is 8.63. The summed E-state index contributed by atoms with van der Waals surface area (Å²) in [7, 11) is 0. The van der Waals surface area contributed by atoms with Crippen molar-refractivity contribution in [1.29, 1.82) is 0 Å². The first-order chi connectivity index (χ1) is 10.7. The lowest BCUT2D eigenvalue weighted by Gasteiger charge is -2.24. The number of carbonyl (C=O) groups excluding carboxylic acids is 1. The lowest BCUT2D eigenvalue weighted by Crippen LogP contribution is -2.39. The van der Waals surface area contributed by atoms with E-state index < -0.39 is 0 Å². The number of hydrogen-bond acceptors (Lipinski definition) is 3. The highest BCUT2D eigenvalue weighted by Gasteiger charge is 2.28. The molecule has 1 saturated heterocycles. The molecular weight excluding hydrogens is 280 g/mol. The van der Waals surface area contributed by atoms with Gasteiger partial charge in [0.05, 0.1) is 6.61 Å². The number of amides is 2. The molecular formula is C17H26N2O3. The molecule has 5 heteroatoms. The Kier molecular flexibility index (Phi) is 6.52. The number of benzene rings is 1. The Hall–Kier alpha value is -1.75. The molecule has 0 aliphatic carbocycles. The van der Waals surface area contributed by atoms with Crippen molar-refractivity contribution in [2.24, 2.45) is 0 Å². The van der Waals surface area contributed by atoms with Crippen LogP contribution in [0.4, 0.5) is 10.5 Å². The normalized spacial score (nSPS) is 17.5. The molecule has 1 aromatic rings. The Labute approximate surface area is 132 Å². The van der Waals surface area contributed by atoms with Crippen molar-refractivity contribution in [3.63, 3.8) is 0 Å². The van der Waals surface area contributed by atoms with Gasteiger partial charge < -0.3 is 20.1 Å². The Bertz CT molecular complexity index is 479. The summed E-state index contributed by atoms with van der Waals surface area (Å²) in [5, 5.41) is 12.0. The van der Waals surface area contributed by atoms with Crippen molar-refractivity contribution in [3.8, 4) is 5.75 Å². The number of unbranched alkanes of at least 4 members (excludes halogenated alkanes) is 1. The highest BCUT2D eigenvalue weighted by Crippen LogP contribution is 2.22. The molecule has 0 radical (unpaired) electrons. The number of urea groups is 1. The molecule has 0 aromatic heterocycles. The van der Waals surface area contributed by atoms with Crippen molar-refractivity contribution in [1.82, 2.24) is 4.90 Å². The molecule has 1 aromatic carbocycles. The van der Waals surface area contributed by atoms with E-state index in [1.807, 2.05) is 29.2 Å². The SMILES string of the molecule is CCCCOc1cccc(NC(=O)N2CCCC2CCO)c1. The molecule has 1 aliphatic heterocycles. The third-order valence-electron chi connectivity index (χ3n) is 3.95. The van der Waals surface area contributed by atoms with Crippen LogP contribution in [0.15, 0.2) is 24.3 Å². The number of likely N-dealkylation sites (tertiary alicyclic amines) is 1. The maximum absolute atomic E-state index is 12.4. The summed E-state index contributed by atoms with van der Waals surface area (Å²) < 4.78 is 5.66. The molecule has 2 N–H and O–H groups in total. The fourth-order valence-corrected chi connectivity index (χ4v) is 2.75. The van der Waals surface area contributed by atoms with Crippen LogP contribution >= 0.6 is 0 Å². The number of aliphatic hydroxyl groups excluding tert-OH is 1. The molecule has 0 bridgehead atoms. The molecule has 2 rings (SSSR count). The van der Waals surface area contributed by atoms with Crippen LogP contribution < -0.4 is 10.1 Å². The molecule has 0 saturated carbocycles. The topological polar surface area (TPSA) is 61.8 Å². The lowest BCUT2D eigenvalue weighted by molar-refractivity contribution is 0.189. The van der Waals surface area contributed by atoms with E-state index >= 15 is 0 Å². The van der Waals surface area contributed by atoms with Crippen LogP contribution in [0, 0.1) is 0 Å². The van der Waals surface area contributed by atoms with Crippen LogP contribution in [-0.2, 0) is 0 Å². The largest absolute Gasteiger partial charge is 0.494 e. The first-order valence-electron chi connectivity index (χ1n) is 8.16. The van der Waals surface area contributed by atoms with Crippen LogP contribution in [0.3, 0.4) is 0 Å². The average molecular weight is 306 g/mol. The Morgan fingerprint density at radius 3 is 3.14 bits per heavy atom. The summed E-state index contributed by atoms with van der Waals surface area (Å²) in [5.41, 5.74) is 0.744. The number of anilines is 1. The summed E-state index contributed by atoms with van der Waals surface area (Å²) in [6, 6.07) is 7.55.